The molecule has 0 saturated heterocycles. The Morgan fingerprint density at radius 2 is 1.38 bits per heavy atom. The molecular formula is C23H26N2O. The predicted octanol–water partition coefficient (Wildman–Crippen LogP) is 4.13. The number of hydrogen-bond donors (Lipinski definition) is 2. The number of nitrogens with zero attached hydrogens (tertiary/aromatic N) is 1. The predicted molar refractivity (Wildman–Crippen MR) is 106 cm³/mol. The van der Waals surface area contributed by atoms with E-state index in [4.69, 9.17) is 0 Å². The van der Waals surface area contributed by atoms with Gasteiger partial charge in [-0.3, -0.25) is 4.98 Å². The second kappa shape index (κ2) is 8.26. The Bertz CT molecular complexity index is 749. The molecule has 1 unspecified atom stereocenters. The Morgan fingerprint density at radius 1 is 0.846 bits per heavy atom. The first-order valence-electron chi connectivity index (χ1n) is 9.09. The Morgan fingerprint density at radius 3 is 1.85 bits per heavy atom. The molecule has 3 rings (SSSR count). The highest BCUT2D eigenvalue weighted by atomic mass is 16.3. The van der Waals surface area contributed by atoms with Crippen molar-refractivity contribution >= 4 is 0 Å². The zero-order valence-corrected chi connectivity index (χ0v) is 15.3. The van der Waals surface area contributed by atoms with Crippen LogP contribution in [0, 0.1) is 5.92 Å². The molecule has 0 aliphatic heterocycles. The third-order valence-electron chi connectivity index (χ3n) is 4.77. The summed E-state index contributed by atoms with van der Waals surface area (Å²) in [5.41, 5.74) is 1.60. The smallest absolute Gasteiger partial charge is 0.130 e. The van der Waals surface area contributed by atoms with Crippen LogP contribution in [-0.4, -0.2) is 16.1 Å². The molecule has 1 aromatic heterocycles. The minimum absolute atomic E-state index is 0.172. The Kier molecular flexibility index (Phi) is 5.82. The molecular weight excluding hydrogens is 320 g/mol. The molecule has 0 aliphatic rings. The van der Waals surface area contributed by atoms with Crippen molar-refractivity contribution in [3.63, 3.8) is 0 Å². The maximum absolute atomic E-state index is 12.0. The van der Waals surface area contributed by atoms with Crippen LogP contribution in [0.5, 0.6) is 0 Å². The van der Waals surface area contributed by atoms with Crippen LogP contribution in [-0.2, 0) is 12.1 Å². The SMILES string of the molecule is CC(C)C(NCc1ccccn1)C(O)(c1ccccc1)c1ccccc1. The van der Waals surface area contributed by atoms with Crippen molar-refractivity contribution in [3.05, 3.63) is 102 Å². The largest absolute Gasteiger partial charge is 0.379 e. The van der Waals surface area contributed by atoms with Crippen LogP contribution in [0.25, 0.3) is 0 Å². The number of nitrogens with one attached hydrogen (secondary N) is 1. The fourth-order valence-corrected chi connectivity index (χ4v) is 3.49. The van der Waals surface area contributed by atoms with E-state index in [0.717, 1.165) is 16.8 Å². The highest BCUT2D eigenvalue weighted by Gasteiger charge is 2.41. The molecule has 3 nitrogen and oxygen atoms in total. The van der Waals surface area contributed by atoms with E-state index >= 15 is 0 Å². The van der Waals surface area contributed by atoms with Crippen molar-refractivity contribution in [3.8, 4) is 0 Å². The third kappa shape index (κ3) is 3.85. The molecule has 0 bridgehead atoms. The summed E-state index contributed by atoms with van der Waals surface area (Å²) in [6.45, 7) is 4.87. The molecule has 0 amide bonds. The normalized spacial score (nSPS) is 12.9. The fourth-order valence-electron chi connectivity index (χ4n) is 3.49. The van der Waals surface area contributed by atoms with Crippen molar-refractivity contribution in [1.82, 2.24) is 10.3 Å². The zero-order chi connectivity index (χ0) is 18.4. The van der Waals surface area contributed by atoms with Crippen LogP contribution in [0.3, 0.4) is 0 Å². The van der Waals surface area contributed by atoms with E-state index in [1.807, 2.05) is 78.9 Å². The second-order valence-corrected chi connectivity index (χ2v) is 6.92. The first-order valence-corrected chi connectivity index (χ1v) is 9.09. The molecule has 0 spiro atoms. The van der Waals surface area contributed by atoms with Gasteiger partial charge in [0.1, 0.15) is 5.60 Å². The molecule has 0 aliphatic carbocycles. The van der Waals surface area contributed by atoms with Crippen LogP contribution in [0.1, 0.15) is 30.7 Å². The topological polar surface area (TPSA) is 45.2 Å². The van der Waals surface area contributed by atoms with Crippen LogP contribution >= 0.6 is 0 Å². The van der Waals surface area contributed by atoms with Gasteiger partial charge in [-0.2, -0.15) is 0 Å². The lowest BCUT2D eigenvalue weighted by Crippen LogP contribution is -2.52. The Labute approximate surface area is 155 Å². The average Bonchev–Trinajstić information content (AvgIpc) is 2.70. The number of hydrogen-bond acceptors (Lipinski definition) is 3. The van der Waals surface area contributed by atoms with Crippen molar-refractivity contribution < 1.29 is 5.11 Å². The van der Waals surface area contributed by atoms with Gasteiger partial charge in [0.2, 0.25) is 0 Å². The van der Waals surface area contributed by atoms with Gasteiger partial charge in [0.25, 0.3) is 0 Å². The molecule has 0 saturated carbocycles. The molecule has 1 heterocycles. The minimum atomic E-state index is -1.13. The van der Waals surface area contributed by atoms with Gasteiger partial charge in [0.15, 0.2) is 0 Å². The van der Waals surface area contributed by atoms with Crippen LogP contribution < -0.4 is 5.32 Å². The van der Waals surface area contributed by atoms with E-state index < -0.39 is 5.60 Å². The number of pyridine rings is 1. The van der Waals surface area contributed by atoms with Gasteiger partial charge >= 0.3 is 0 Å². The van der Waals surface area contributed by atoms with Gasteiger partial charge in [-0.1, -0.05) is 80.6 Å². The summed E-state index contributed by atoms with van der Waals surface area (Å²) in [6.07, 6.45) is 1.79. The van der Waals surface area contributed by atoms with E-state index in [0.29, 0.717) is 6.54 Å². The Balaban J connectivity index is 2.00. The van der Waals surface area contributed by atoms with Gasteiger partial charge in [-0.25, -0.2) is 0 Å². The van der Waals surface area contributed by atoms with Crippen LogP contribution in [0.4, 0.5) is 0 Å². The average molecular weight is 346 g/mol. The van der Waals surface area contributed by atoms with Gasteiger partial charge < -0.3 is 10.4 Å². The quantitative estimate of drug-likeness (QED) is 0.676. The number of aliphatic hydroxyl groups is 1. The van der Waals surface area contributed by atoms with E-state index in [2.05, 4.69) is 24.1 Å². The van der Waals surface area contributed by atoms with E-state index in [-0.39, 0.29) is 12.0 Å². The van der Waals surface area contributed by atoms with Crippen LogP contribution in [0.2, 0.25) is 0 Å². The monoisotopic (exact) mass is 346 g/mol. The van der Waals surface area contributed by atoms with Crippen molar-refractivity contribution in [2.24, 2.45) is 5.92 Å². The maximum atomic E-state index is 12.0. The molecule has 2 N–H and O–H groups in total. The van der Waals surface area contributed by atoms with Gasteiger partial charge in [0, 0.05) is 18.8 Å². The highest BCUT2D eigenvalue weighted by Crippen LogP contribution is 2.36. The highest BCUT2D eigenvalue weighted by molar-refractivity contribution is 5.38. The summed E-state index contributed by atoms with van der Waals surface area (Å²) in [5, 5.41) is 15.5. The molecule has 1 atom stereocenters. The van der Waals surface area contributed by atoms with Gasteiger partial charge in [0.05, 0.1) is 5.69 Å². The van der Waals surface area contributed by atoms with Crippen molar-refractivity contribution in [2.75, 3.05) is 0 Å². The molecule has 26 heavy (non-hydrogen) atoms. The number of benzene rings is 2. The second-order valence-electron chi connectivity index (χ2n) is 6.92. The summed E-state index contributed by atoms with van der Waals surface area (Å²) in [6, 6.07) is 25.5. The third-order valence-corrected chi connectivity index (χ3v) is 4.77. The van der Waals surface area contributed by atoms with Crippen molar-refractivity contribution in [1.29, 1.82) is 0 Å². The molecule has 2 aromatic carbocycles. The molecule has 3 aromatic rings. The standard InChI is InChI=1S/C23H26N2O/c1-18(2)22(25-17-21-15-9-10-16-24-21)23(26,19-11-5-3-6-12-19)20-13-7-4-8-14-20/h3-16,18,22,25-26H,17H2,1-2H3. The molecule has 0 radical (unpaired) electrons. The van der Waals surface area contributed by atoms with Gasteiger partial charge in [-0.15, -0.1) is 0 Å². The van der Waals surface area contributed by atoms with Gasteiger partial charge in [-0.05, 0) is 29.2 Å². The Hall–Kier alpha value is -2.49. The summed E-state index contributed by atoms with van der Waals surface area (Å²) < 4.78 is 0. The summed E-state index contributed by atoms with van der Waals surface area (Å²) in [5.74, 6) is 0.212. The first-order chi connectivity index (χ1) is 12.6. The van der Waals surface area contributed by atoms with E-state index in [9.17, 15) is 5.11 Å². The molecule has 0 fully saturated rings. The first kappa shape index (κ1) is 18.3. The maximum Gasteiger partial charge on any atom is 0.130 e. The lowest BCUT2D eigenvalue weighted by atomic mass is 9.76. The zero-order valence-electron chi connectivity index (χ0n) is 15.3. The lowest BCUT2D eigenvalue weighted by molar-refractivity contribution is 0.0182. The van der Waals surface area contributed by atoms with Crippen molar-refractivity contribution in [2.45, 2.75) is 32.0 Å². The summed E-state index contributed by atoms with van der Waals surface area (Å²) >= 11 is 0. The summed E-state index contributed by atoms with van der Waals surface area (Å²) in [7, 11) is 0. The minimum Gasteiger partial charge on any atom is -0.379 e. The van der Waals surface area contributed by atoms with E-state index in [1.165, 1.54) is 0 Å². The van der Waals surface area contributed by atoms with Crippen LogP contribution in [0.15, 0.2) is 85.1 Å². The molecule has 134 valence electrons. The lowest BCUT2D eigenvalue weighted by Gasteiger charge is -2.40. The molecule has 3 heteroatoms. The number of aromatic nitrogens is 1. The fraction of sp³-hybridized carbons (Fsp3) is 0.261. The number of rotatable bonds is 7. The van der Waals surface area contributed by atoms with E-state index in [1.54, 1.807) is 6.20 Å². The summed E-state index contributed by atoms with van der Waals surface area (Å²) in [4.78, 5) is 4.39.